The van der Waals surface area contributed by atoms with Gasteiger partial charge in [-0.15, -0.1) is 5.10 Å². The predicted octanol–water partition coefficient (Wildman–Crippen LogP) is 3.49. The first-order valence-electron chi connectivity index (χ1n) is 10.2. The minimum absolute atomic E-state index is 0.367. The van der Waals surface area contributed by atoms with Gasteiger partial charge < -0.3 is 9.80 Å². The zero-order chi connectivity index (χ0) is 17.9. The number of aromatic nitrogens is 2. The minimum Gasteiger partial charge on any atom is -0.355 e. The van der Waals surface area contributed by atoms with Crippen LogP contribution in [0, 0.1) is 12.8 Å². The minimum atomic E-state index is 0.367. The van der Waals surface area contributed by atoms with E-state index in [0.29, 0.717) is 24.3 Å². The Bertz CT molecular complexity index is 669. The van der Waals surface area contributed by atoms with Crippen molar-refractivity contribution in [3.05, 3.63) is 29.5 Å². The van der Waals surface area contributed by atoms with E-state index in [1.807, 2.05) is 13.0 Å². The first-order valence-corrected chi connectivity index (χ1v) is 10.2. The highest BCUT2D eigenvalue weighted by Gasteiger charge is 2.39. The summed E-state index contributed by atoms with van der Waals surface area (Å²) in [5, 5.41) is 8.56. The molecular weight excluding hydrogens is 324 g/mol. The maximum absolute atomic E-state index is 12.6. The van der Waals surface area contributed by atoms with Crippen LogP contribution < -0.4 is 4.90 Å². The molecule has 3 heterocycles. The van der Waals surface area contributed by atoms with Crippen LogP contribution in [-0.4, -0.2) is 46.7 Å². The van der Waals surface area contributed by atoms with Gasteiger partial charge in [0.15, 0.2) is 5.82 Å². The molecule has 1 aromatic rings. The Labute approximate surface area is 156 Å². The molecule has 1 aliphatic carbocycles. The van der Waals surface area contributed by atoms with Gasteiger partial charge in [-0.25, -0.2) is 0 Å². The van der Waals surface area contributed by atoms with Crippen LogP contribution in [0.2, 0.25) is 0 Å². The quantitative estimate of drug-likeness (QED) is 0.777. The summed E-state index contributed by atoms with van der Waals surface area (Å²) < 4.78 is 0. The molecule has 3 aliphatic rings. The molecule has 26 heavy (non-hydrogen) atoms. The summed E-state index contributed by atoms with van der Waals surface area (Å²) >= 11 is 0. The number of likely N-dealkylation sites (tertiary alicyclic amines) is 1. The monoisotopic (exact) mass is 354 g/mol. The number of rotatable bonds is 4. The van der Waals surface area contributed by atoms with Crippen LogP contribution in [0.1, 0.15) is 57.1 Å². The van der Waals surface area contributed by atoms with Crippen LogP contribution in [0.3, 0.4) is 0 Å². The number of hydrogen-bond acceptors (Lipinski definition) is 4. The topological polar surface area (TPSA) is 49.3 Å². The molecule has 0 bridgehead atoms. The third kappa shape index (κ3) is 3.76. The van der Waals surface area contributed by atoms with Gasteiger partial charge in [0.05, 0.1) is 5.69 Å². The van der Waals surface area contributed by atoms with Crippen molar-refractivity contribution in [1.82, 2.24) is 15.1 Å². The zero-order valence-corrected chi connectivity index (χ0v) is 15.9. The summed E-state index contributed by atoms with van der Waals surface area (Å²) in [6, 6.07) is 4.52. The molecule has 2 fully saturated rings. The van der Waals surface area contributed by atoms with Gasteiger partial charge in [0.2, 0.25) is 5.91 Å². The fourth-order valence-electron chi connectivity index (χ4n) is 4.81. The van der Waals surface area contributed by atoms with E-state index in [2.05, 4.69) is 32.1 Å². The van der Waals surface area contributed by atoms with E-state index in [0.717, 1.165) is 50.4 Å². The lowest BCUT2D eigenvalue weighted by atomic mass is 9.83. The number of carbonyl (C=O) groups excluding carboxylic acids is 1. The molecule has 0 N–H and O–H groups in total. The van der Waals surface area contributed by atoms with Gasteiger partial charge in [0.1, 0.15) is 0 Å². The summed E-state index contributed by atoms with van der Waals surface area (Å²) in [5.74, 6) is 1.90. The fourth-order valence-corrected chi connectivity index (χ4v) is 4.81. The number of nitrogens with zero attached hydrogens (tertiary/aromatic N) is 4. The summed E-state index contributed by atoms with van der Waals surface area (Å²) in [5.41, 5.74) is 2.52. The van der Waals surface area contributed by atoms with Crippen LogP contribution in [0.4, 0.5) is 5.82 Å². The SMILES string of the molecule is Cc1ccc(N2CCC3C(CCC(=O)N3CCC3=CCCCC3)C2)nn1. The molecule has 0 saturated carbocycles. The highest BCUT2D eigenvalue weighted by Crippen LogP contribution is 2.33. The summed E-state index contributed by atoms with van der Waals surface area (Å²) in [7, 11) is 0. The van der Waals surface area contributed by atoms with Gasteiger partial charge in [-0.3, -0.25) is 4.79 Å². The predicted molar refractivity (Wildman–Crippen MR) is 103 cm³/mol. The van der Waals surface area contributed by atoms with E-state index in [1.165, 1.54) is 25.7 Å². The van der Waals surface area contributed by atoms with Gasteiger partial charge in [-0.05, 0) is 69.9 Å². The molecule has 5 heteroatoms. The Morgan fingerprint density at radius 3 is 2.85 bits per heavy atom. The number of piperidine rings is 2. The van der Waals surface area contributed by atoms with Crippen LogP contribution >= 0.6 is 0 Å². The lowest BCUT2D eigenvalue weighted by Crippen LogP contribution is -2.56. The number of hydrogen-bond donors (Lipinski definition) is 0. The summed E-state index contributed by atoms with van der Waals surface area (Å²) in [4.78, 5) is 17.1. The molecule has 1 amide bonds. The standard InChI is InChI=1S/C21H30N4O/c1-16-7-9-20(23-22-16)24-13-12-19-18(15-24)8-10-21(26)25(19)14-11-17-5-3-2-4-6-17/h5,7,9,18-19H,2-4,6,8,10-15H2,1H3. The second-order valence-electron chi connectivity index (χ2n) is 8.08. The first kappa shape index (κ1) is 17.5. The zero-order valence-electron chi connectivity index (χ0n) is 15.9. The average molecular weight is 354 g/mol. The Kier molecular flexibility index (Phi) is 5.23. The van der Waals surface area contributed by atoms with Crippen LogP contribution in [0.5, 0.6) is 0 Å². The fraction of sp³-hybridized carbons (Fsp3) is 0.667. The Morgan fingerprint density at radius 1 is 1.15 bits per heavy atom. The van der Waals surface area contributed by atoms with Crippen LogP contribution in [-0.2, 0) is 4.79 Å². The van der Waals surface area contributed by atoms with Crippen molar-refractivity contribution in [1.29, 1.82) is 0 Å². The van der Waals surface area contributed by atoms with E-state index in [9.17, 15) is 4.79 Å². The van der Waals surface area contributed by atoms with Gasteiger partial charge in [0, 0.05) is 32.1 Å². The largest absolute Gasteiger partial charge is 0.355 e. The number of carbonyl (C=O) groups is 1. The lowest BCUT2D eigenvalue weighted by Gasteiger charge is -2.47. The van der Waals surface area contributed by atoms with Gasteiger partial charge >= 0.3 is 0 Å². The third-order valence-electron chi connectivity index (χ3n) is 6.31. The van der Waals surface area contributed by atoms with Gasteiger partial charge in [-0.1, -0.05) is 11.6 Å². The van der Waals surface area contributed by atoms with Crippen molar-refractivity contribution < 1.29 is 4.79 Å². The van der Waals surface area contributed by atoms with E-state index < -0.39 is 0 Å². The molecule has 2 unspecified atom stereocenters. The normalized spacial score (nSPS) is 26.5. The molecule has 0 spiro atoms. The van der Waals surface area contributed by atoms with Crippen molar-refractivity contribution in [2.75, 3.05) is 24.5 Å². The number of anilines is 1. The number of aryl methyl sites for hydroxylation is 1. The molecule has 4 rings (SSSR count). The molecule has 0 radical (unpaired) electrons. The van der Waals surface area contributed by atoms with Crippen molar-refractivity contribution in [2.45, 2.75) is 64.3 Å². The van der Waals surface area contributed by atoms with Crippen LogP contribution in [0.25, 0.3) is 0 Å². The molecule has 2 aliphatic heterocycles. The Hall–Kier alpha value is -1.91. The lowest BCUT2D eigenvalue weighted by molar-refractivity contribution is -0.139. The highest BCUT2D eigenvalue weighted by molar-refractivity contribution is 5.77. The molecule has 2 atom stereocenters. The van der Waals surface area contributed by atoms with Crippen molar-refractivity contribution >= 4 is 11.7 Å². The highest BCUT2D eigenvalue weighted by atomic mass is 16.2. The summed E-state index contributed by atoms with van der Waals surface area (Å²) in [6.07, 6.45) is 11.3. The number of amides is 1. The molecule has 5 nitrogen and oxygen atoms in total. The smallest absolute Gasteiger partial charge is 0.222 e. The van der Waals surface area contributed by atoms with Crippen molar-refractivity contribution in [2.24, 2.45) is 5.92 Å². The van der Waals surface area contributed by atoms with Gasteiger partial charge in [0.25, 0.3) is 0 Å². The molecule has 140 valence electrons. The number of fused-ring (bicyclic) bond motifs is 1. The average Bonchev–Trinajstić information content (AvgIpc) is 2.68. The summed E-state index contributed by atoms with van der Waals surface area (Å²) in [6.45, 7) is 4.84. The van der Waals surface area contributed by atoms with E-state index in [4.69, 9.17) is 0 Å². The van der Waals surface area contributed by atoms with E-state index >= 15 is 0 Å². The van der Waals surface area contributed by atoms with Crippen LogP contribution in [0.15, 0.2) is 23.8 Å². The Morgan fingerprint density at radius 2 is 2.08 bits per heavy atom. The van der Waals surface area contributed by atoms with E-state index in [1.54, 1.807) is 5.57 Å². The number of allylic oxidation sites excluding steroid dienone is 1. The maximum atomic E-state index is 12.6. The van der Waals surface area contributed by atoms with Gasteiger partial charge in [-0.2, -0.15) is 5.10 Å². The molecule has 1 aromatic heterocycles. The maximum Gasteiger partial charge on any atom is 0.222 e. The van der Waals surface area contributed by atoms with Crippen molar-refractivity contribution in [3.8, 4) is 0 Å². The molecule has 0 aromatic carbocycles. The van der Waals surface area contributed by atoms with E-state index in [-0.39, 0.29) is 0 Å². The molecule has 2 saturated heterocycles. The second kappa shape index (κ2) is 7.77. The first-order chi connectivity index (χ1) is 12.7. The van der Waals surface area contributed by atoms with Crippen molar-refractivity contribution in [3.63, 3.8) is 0 Å². The second-order valence-corrected chi connectivity index (χ2v) is 8.08. The Balaban J connectivity index is 1.40. The molecular formula is C21H30N4O. The third-order valence-corrected chi connectivity index (χ3v) is 6.31.